The van der Waals surface area contributed by atoms with E-state index in [1.807, 2.05) is 38.1 Å². The first-order valence-corrected chi connectivity index (χ1v) is 6.02. The molecule has 0 radical (unpaired) electrons. The number of hydrogen-bond acceptors (Lipinski definition) is 2. The van der Waals surface area contributed by atoms with Crippen LogP contribution < -0.4 is 0 Å². The van der Waals surface area contributed by atoms with Gasteiger partial charge in [0.15, 0.2) is 5.15 Å². The van der Waals surface area contributed by atoms with Gasteiger partial charge in [-0.2, -0.15) is 0 Å². The molecule has 0 aliphatic heterocycles. The Bertz CT molecular complexity index is 541. The van der Waals surface area contributed by atoms with E-state index >= 15 is 0 Å². The molecule has 1 heterocycles. The molecule has 0 atom stereocenters. The molecule has 2 rings (SSSR count). The summed E-state index contributed by atoms with van der Waals surface area (Å²) in [6, 6.07) is 7.94. The van der Waals surface area contributed by atoms with E-state index in [-0.39, 0.29) is 0 Å². The van der Waals surface area contributed by atoms with Crippen molar-refractivity contribution in [1.82, 2.24) is 10.2 Å². The molecule has 0 unspecified atom stereocenters. The van der Waals surface area contributed by atoms with Gasteiger partial charge in [-0.15, -0.1) is 10.2 Å². The molecule has 0 saturated carbocycles. The minimum atomic E-state index is 0.466. The predicted octanol–water partition coefficient (Wildman–Crippen LogP) is 4.18. The summed E-state index contributed by atoms with van der Waals surface area (Å²) in [5, 5.41) is 8.58. The SMILES string of the molecule is Cc1c(Cl)nnc(-c2ccccc2Br)c1C. The van der Waals surface area contributed by atoms with Crippen molar-refractivity contribution in [2.45, 2.75) is 13.8 Å². The Morgan fingerprint density at radius 3 is 2.44 bits per heavy atom. The van der Waals surface area contributed by atoms with Gasteiger partial charge in [-0.05, 0) is 31.0 Å². The average Bonchev–Trinajstić information content (AvgIpc) is 2.28. The molecule has 16 heavy (non-hydrogen) atoms. The maximum absolute atomic E-state index is 5.93. The summed E-state index contributed by atoms with van der Waals surface area (Å²) in [6.45, 7) is 3.96. The summed E-state index contributed by atoms with van der Waals surface area (Å²) < 4.78 is 1.01. The van der Waals surface area contributed by atoms with E-state index < -0.39 is 0 Å². The third kappa shape index (κ3) is 1.97. The number of benzene rings is 1. The van der Waals surface area contributed by atoms with Crippen molar-refractivity contribution in [3.05, 3.63) is 45.0 Å². The molecule has 0 aliphatic carbocycles. The predicted molar refractivity (Wildman–Crippen MR) is 69.7 cm³/mol. The highest BCUT2D eigenvalue weighted by atomic mass is 79.9. The molecule has 2 aromatic rings. The topological polar surface area (TPSA) is 25.8 Å². The van der Waals surface area contributed by atoms with Crippen molar-refractivity contribution in [1.29, 1.82) is 0 Å². The standard InChI is InChI=1S/C12H10BrClN2/c1-7-8(2)12(14)16-15-11(7)9-5-3-4-6-10(9)13/h3-6H,1-2H3. The number of hydrogen-bond donors (Lipinski definition) is 0. The molecule has 1 aromatic heterocycles. The van der Waals surface area contributed by atoms with Crippen LogP contribution in [-0.2, 0) is 0 Å². The fourth-order valence-electron chi connectivity index (χ4n) is 1.49. The Labute approximate surface area is 108 Å². The van der Waals surface area contributed by atoms with Crippen LogP contribution in [0.5, 0.6) is 0 Å². The van der Waals surface area contributed by atoms with Crippen LogP contribution in [0.15, 0.2) is 28.7 Å². The van der Waals surface area contributed by atoms with E-state index in [1.54, 1.807) is 0 Å². The van der Waals surface area contributed by atoms with Crippen LogP contribution in [0.2, 0.25) is 5.15 Å². The number of halogens is 2. The second kappa shape index (κ2) is 4.52. The zero-order valence-corrected chi connectivity index (χ0v) is 11.3. The van der Waals surface area contributed by atoms with Crippen molar-refractivity contribution in [2.24, 2.45) is 0 Å². The molecule has 0 aliphatic rings. The molecule has 1 aromatic carbocycles. The highest BCUT2D eigenvalue weighted by molar-refractivity contribution is 9.10. The summed E-state index contributed by atoms with van der Waals surface area (Å²) in [5.41, 5.74) is 3.94. The van der Waals surface area contributed by atoms with Crippen molar-refractivity contribution >= 4 is 27.5 Å². The molecule has 4 heteroatoms. The van der Waals surface area contributed by atoms with Crippen LogP contribution in [0.4, 0.5) is 0 Å². The van der Waals surface area contributed by atoms with Crippen molar-refractivity contribution in [2.75, 3.05) is 0 Å². The Hall–Kier alpha value is -0.930. The van der Waals surface area contributed by atoms with Crippen LogP contribution in [0.25, 0.3) is 11.3 Å². The van der Waals surface area contributed by atoms with E-state index in [9.17, 15) is 0 Å². The fourth-order valence-corrected chi connectivity index (χ4v) is 2.14. The quantitative estimate of drug-likeness (QED) is 0.789. The average molecular weight is 298 g/mol. The number of nitrogens with zero attached hydrogens (tertiary/aromatic N) is 2. The zero-order chi connectivity index (χ0) is 11.7. The summed E-state index contributed by atoms with van der Waals surface area (Å²) in [7, 11) is 0. The summed E-state index contributed by atoms with van der Waals surface area (Å²) in [6.07, 6.45) is 0. The van der Waals surface area contributed by atoms with Crippen molar-refractivity contribution < 1.29 is 0 Å². The second-order valence-electron chi connectivity index (χ2n) is 3.57. The minimum Gasteiger partial charge on any atom is -0.149 e. The van der Waals surface area contributed by atoms with E-state index in [0.29, 0.717) is 5.15 Å². The van der Waals surface area contributed by atoms with Crippen LogP contribution in [0.1, 0.15) is 11.1 Å². The summed E-state index contributed by atoms with van der Waals surface area (Å²) in [5.74, 6) is 0. The van der Waals surface area contributed by atoms with Gasteiger partial charge in [-0.1, -0.05) is 45.7 Å². The Morgan fingerprint density at radius 2 is 1.75 bits per heavy atom. The molecule has 82 valence electrons. The van der Waals surface area contributed by atoms with Gasteiger partial charge >= 0.3 is 0 Å². The van der Waals surface area contributed by atoms with Gasteiger partial charge < -0.3 is 0 Å². The molecular weight excluding hydrogens is 288 g/mol. The maximum Gasteiger partial charge on any atom is 0.154 e. The largest absolute Gasteiger partial charge is 0.154 e. The van der Waals surface area contributed by atoms with Gasteiger partial charge in [0.25, 0.3) is 0 Å². The van der Waals surface area contributed by atoms with Crippen molar-refractivity contribution in [3.8, 4) is 11.3 Å². The molecule has 0 spiro atoms. The molecule has 0 N–H and O–H groups in total. The first-order valence-electron chi connectivity index (χ1n) is 4.85. The van der Waals surface area contributed by atoms with E-state index in [0.717, 1.165) is 26.9 Å². The van der Waals surface area contributed by atoms with Crippen molar-refractivity contribution in [3.63, 3.8) is 0 Å². The van der Waals surface area contributed by atoms with Gasteiger partial charge in [-0.3, -0.25) is 0 Å². The normalized spacial score (nSPS) is 10.5. The van der Waals surface area contributed by atoms with Crippen LogP contribution in [-0.4, -0.2) is 10.2 Å². The third-order valence-corrected chi connectivity index (χ3v) is 3.64. The smallest absolute Gasteiger partial charge is 0.149 e. The lowest BCUT2D eigenvalue weighted by Crippen LogP contribution is -1.97. The lowest BCUT2D eigenvalue weighted by Gasteiger charge is -2.09. The van der Waals surface area contributed by atoms with E-state index in [2.05, 4.69) is 26.1 Å². The molecule has 0 fully saturated rings. The van der Waals surface area contributed by atoms with Crippen LogP contribution in [0, 0.1) is 13.8 Å². The van der Waals surface area contributed by atoms with Crippen LogP contribution in [0.3, 0.4) is 0 Å². The summed E-state index contributed by atoms with van der Waals surface area (Å²) in [4.78, 5) is 0. The first-order chi connectivity index (χ1) is 7.61. The minimum absolute atomic E-state index is 0.466. The Balaban J connectivity index is 2.66. The van der Waals surface area contributed by atoms with Crippen LogP contribution >= 0.6 is 27.5 Å². The Kier molecular flexibility index (Phi) is 3.26. The molecule has 0 saturated heterocycles. The molecule has 2 nitrogen and oxygen atoms in total. The monoisotopic (exact) mass is 296 g/mol. The van der Waals surface area contributed by atoms with Gasteiger partial charge in [0.2, 0.25) is 0 Å². The third-order valence-electron chi connectivity index (χ3n) is 2.59. The highest BCUT2D eigenvalue weighted by Gasteiger charge is 2.11. The Morgan fingerprint density at radius 1 is 1.06 bits per heavy atom. The van der Waals surface area contributed by atoms with Gasteiger partial charge in [0.05, 0.1) is 5.69 Å². The zero-order valence-electron chi connectivity index (χ0n) is 8.96. The molecular formula is C12H10BrClN2. The molecule has 0 bridgehead atoms. The fraction of sp³-hybridized carbons (Fsp3) is 0.167. The summed E-state index contributed by atoms with van der Waals surface area (Å²) >= 11 is 9.44. The molecule has 0 amide bonds. The lowest BCUT2D eigenvalue weighted by atomic mass is 10.0. The number of rotatable bonds is 1. The second-order valence-corrected chi connectivity index (χ2v) is 4.78. The van der Waals surface area contributed by atoms with E-state index in [4.69, 9.17) is 11.6 Å². The first kappa shape index (κ1) is 11.6. The van der Waals surface area contributed by atoms with E-state index in [1.165, 1.54) is 0 Å². The lowest BCUT2D eigenvalue weighted by molar-refractivity contribution is 1.00. The highest BCUT2D eigenvalue weighted by Crippen LogP contribution is 2.30. The van der Waals surface area contributed by atoms with Gasteiger partial charge in [0.1, 0.15) is 0 Å². The number of aromatic nitrogens is 2. The van der Waals surface area contributed by atoms with Gasteiger partial charge in [-0.25, -0.2) is 0 Å². The maximum atomic E-state index is 5.93. The van der Waals surface area contributed by atoms with Gasteiger partial charge in [0, 0.05) is 10.0 Å².